The van der Waals surface area contributed by atoms with Crippen LogP contribution < -0.4 is 0 Å². The number of rotatable bonds is 3. The van der Waals surface area contributed by atoms with Gasteiger partial charge in [0.2, 0.25) is 11.8 Å². The third-order valence-corrected chi connectivity index (χ3v) is 5.19. The van der Waals surface area contributed by atoms with Crippen LogP contribution in [0.5, 0.6) is 0 Å². The molecule has 3 rings (SSSR count). The molecule has 2 aliphatic rings. The van der Waals surface area contributed by atoms with Crippen LogP contribution in [0.3, 0.4) is 0 Å². The Morgan fingerprint density at radius 3 is 2.83 bits per heavy atom. The molecule has 0 aliphatic carbocycles. The Hall–Kier alpha value is -1.82. The number of aromatic nitrogens is 1. The van der Waals surface area contributed by atoms with Crippen molar-refractivity contribution >= 4 is 29.7 Å². The number of thioether (sulfide) groups is 1. The van der Waals surface area contributed by atoms with Crippen LogP contribution in [0.15, 0.2) is 30.6 Å². The van der Waals surface area contributed by atoms with Gasteiger partial charge in [-0.2, -0.15) is 11.8 Å². The van der Waals surface area contributed by atoms with Crippen molar-refractivity contribution in [2.75, 3.05) is 31.1 Å². The van der Waals surface area contributed by atoms with Crippen molar-refractivity contribution in [2.24, 2.45) is 0 Å². The number of amides is 2. The second kappa shape index (κ2) is 7.64. The topological polar surface area (TPSA) is 53.5 Å². The first-order valence-corrected chi connectivity index (χ1v) is 9.16. The molecule has 6 heteroatoms. The van der Waals surface area contributed by atoms with E-state index < -0.39 is 0 Å². The van der Waals surface area contributed by atoms with Gasteiger partial charge >= 0.3 is 0 Å². The van der Waals surface area contributed by atoms with Crippen LogP contribution in [0, 0.1) is 0 Å². The van der Waals surface area contributed by atoms with Gasteiger partial charge in [-0.15, -0.1) is 0 Å². The summed E-state index contributed by atoms with van der Waals surface area (Å²) in [6.07, 6.45) is 8.38. The van der Waals surface area contributed by atoms with E-state index in [-0.39, 0.29) is 17.9 Å². The third-order valence-electron chi connectivity index (χ3n) is 4.25. The van der Waals surface area contributed by atoms with Crippen LogP contribution in [-0.4, -0.2) is 63.8 Å². The highest BCUT2D eigenvalue weighted by Crippen LogP contribution is 2.22. The zero-order valence-electron chi connectivity index (χ0n) is 13.1. The van der Waals surface area contributed by atoms with Crippen molar-refractivity contribution in [3.63, 3.8) is 0 Å². The van der Waals surface area contributed by atoms with Crippen LogP contribution in [0.1, 0.15) is 18.4 Å². The minimum Gasteiger partial charge on any atom is -0.339 e. The van der Waals surface area contributed by atoms with Crippen molar-refractivity contribution in [1.82, 2.24) is 14.8 Å². The fourth-order valence-corrected chi connectivity index (χ4v) is 3.92. The van der Waals surface area contributed by atoms with Gasteiger partial charge in [-0.1, -0.05) is 6.07 Å². The molecule has 23 heavy (non-hydrogen) atoms. The average molecular weight is 331 g/mol. The number of nitrogens with zero attached hydrogens (tertiary/aromatic N) is 3. The molecular formula is C17H21N3O2S. The van der Waals surface area contributed by atoms with Gasteiger partial charge in [0.15, 0.2) is 0 Å². The molecule has 2 amide bonds. The highest BCUT2D eigenvalue weighted by Gasteiger charge is 2.35. The Kier molecular flexibility index (Phi) is 5.33. The predicted molar refractivity (Wildman–Crippen MR) is 91.9 cm³/mol. The van der Waals surface area contributed by atoms with Crippen molar-refractivity contribution in [3.05, 3.63) is 36.2 Å². The van der Waals surface area contributed by atoms with Crippen molar-refractivity contribution in [1.29, 1.82) is 0 Å². The van der Waals surface area contributed by atoms with E-state index in [0.29, 0.717) is 6.54 Å². The number of pyridine rings is 1. The molecule has 2 aliphatic heterocycles. The van der Waals surface area contributed by atoms with Gasteiger partial charge in [0.1, 0.15) is 6.04 Å². The summed E-state index contributed by atoms with van der Waals surface area (Å²) in [4.78, 5) is 32.8. The summed E-state index contributed by atoms with van der Waals surface area (Å²) in [5, 5.41) is 0. The summed E-state index contributed by atoms with van der Waals surface area (Å²) in [5.41, 5.74) is 0.885. The van der Waals surface area contributed by atoms with Gasteiger partial charge in [0, 0.05) is 49.6 Å². The summed E-state index contributed by atoms with van der Waals surface area (Å²) in [7, 11) is 0. The molecule has 0 radical (unpaired) electrons. The van der Waals surface area contributed by atoms with Crippen molar-refractivity contribution in [3.8, 4) is 0 Å². The molecule has 1 aromatic rings. The lowest BCUT2D eigenvalue weighted by molar-refractivity contribution is -0.141. The Morgan fingerprint density at radius 2 is 2.09 bits per heavy atom. The second-order valence-corrected chi connectivity index (χ2v) is 6.97. The third kappa shape index (κ3) is 3.93. The normalized spacial score (nSPS) is 21.8. The molecule has 0 spiro atoms. The van der Waals surface area contributed by atoms with Gasteiger partial charge in [-0.05, 0) is 30.5 Å². The molecule has 1 aromatic heterocycles. The highest BCUT2D eigenvalue weighted by atomic mass is 32.2. The van der Waals surface area contributed by atoms with Crippen LogP contribution in [0.4, 0.5) is 0 Å². The Bertz CT molecular complexity index is 585. The predicted octanol–water partition coefficient (Wildman–Crippen LogP) is 1.66. The number of likely N-dealkylation sites (tertiary alicyclic amines) is 1. The maximum absolute atomic E-state index is 12.7. The van der Waals surface area contributed by atoms with Crippen LogP contribution in [0.25, 0.3) is 6.08 Å². The van der Waals surface area contributed by atoms with Gasteiger partial charge in [-0.3, -0.25) is 14.6 Å². The average Bonchev–Trinajstić information content (AvgIpc) is 3.10. The van der Waals surface area contributed by atoms with E-state index in [4.69, 9.17) is 0 Å². The van der Waals surface area contributed by atoms with E-state index in [1.807, 2.05) is 28.8 Å². The first kappa shape index (κ1) is 16.1. The fraction of sp³-hybridized carbons (Fsp3) is 0.471. The quantitative estimate of drug-likeness (QED) is 0.791. The zero-order valence-corrected chi connectivity index (χ0v) is 13.9. The van der Waals surface area contributed by atoms with Crippen LogP contribution >= 0.6 is 11.8 Å². The molecule has 0 N–H and O–H groups in total. The summed E-state index contributed by atoms with van der Waals surface area (Å²) in [6, 6.07) is 3.44. The maximum Gasteiger partial charge on any atom is 0.247 e. The SMILES string of the molecule is O=C([C@@H]1CCCN1C(=O)/C=C\c1cccnc1)N1CCSCC1. The standard InChI is InChI=1S/C17H21N3O2S/c21-16(6-5-14-3-1-7-18-13-14)20-8-2-4-15(20)17(22)19-9-11-23-12-10-19/h1,3,5-7,13,15H,2,4,8-12H2/b6-5-/t15-/m0/s1. The Labute approximate surface area is 140 Å². The summed E-state index contributed by atoms with van der Waals surface area (Å²) >= 11 is 1.88. The van der Waals surface area contributed by atoms with E-state index in [9.17, 15) is 9.59 Å². The van der Waals surface area contributed by atoms with Gasteiger partial charge in [-0.25, -0.2) is 0 Å². The number of carbonyl (C=O) groups is 2. The maximum atomic E-state index is 12.7. The number of hydrogen-bond donors (Lipinski definition) is 0. The Morgan fingerprint density at radius 1 is 1.26 bits per heavy atom. The fourth-order valence-electron chi connectivity index (χ4n) is 3.02. The lowest BCUT2D eigenvalue weighted by Gasteiger charge is -2.32. The molecule has 5 nitrogen and oxygen atoms in total. The van der Waals surface area contributed by atoms with Crippen molar-refractivity contribution in [2.45, 2.75) is 18.9 Å². The van der Waals surface area contributed by atoms with E-state index in [1.54, 1.807) is 29.4 Å². The molecule has 0 aromatic carbocycles. The second-order valence-electron chi connectivity index (χ2n) is 5.75. The van der Waals surface area contributed by atoms with Gasteiger partial charge in [0.25, 0.3) is 0 Å². The van der Waals surface area contributed by atoms with Gasteiger partial charge in [0.05, 0.1) is 0 Å². The van der Waals surface area contributed by atoms with Crippen LogP contribution in [0.2, 0.25) is 0 Å². The molecule has 1 atom stereocenters. The smallest absolute Gasteiger partial charge is 0.247 e. The first-order valence-electron chi connectivity index (χ1n) is 8.01. The first-order chi connectivity index (χ1) is 11.3. The summed E-state index contributed by atoms with van der Waals surface area (Å²) in [6.45, 7) is 2.26. The highest BCUT2D eigenvalue weighted by molar-refractivity contribution is 7.99. The molecule has 0 saturated carbocycles. The van der Waals surface area contributed by atoms with E-state index in [1.165, 1.54) is 0 Å². The number of hydrogen-bond acceptors (Lipinski definition) is 4. The molecule has 0 unspecified atom stereocenters. The molecular weight excluding hydrogens is 310 g/mol. The molecule has 2 fully saturated rings. The number of carbonyl (C=O) groups excluding carboxylic acids is 2. The van der Waals surface area contributed by atoms with E-state index in [0.717, 1.165) is 43.0 Å². The molecule has 2 saturated heterocycles. The van der Waals surface area contributed by atoms with E-state index in [2.05, 4.69) is 4.98 Å². The van der Waals surface area contributed by atoms with E-state index >= 15 is 0 Å². The van der Waals surface area contributed by atoms with Crippen LogP contribution in [-0.2, 0) is 9.59 Å². The molecule has 3 heterocycles. The molecule has 0 bridgehead atoms. The minimum absolute atomic E-state index is 0.0870. The Balaban J connectivity index is 1.64. The summed E-state index contributed by atoms with van der Waals surface area (Å²) in [5.74, 6) is 2.02. The minimum atomic E-state index is -0.288. The lowest BCUT2D eigenvalue weighted by Crippen LogP contribution is -2.49. The van der Waals surface area contributed by atoms with Crippen molar-refractivity contribution < 1.29 is 9.59 Å². The largest absolute Gasteiger partial charge is 0.339 e. The molecule has 122 valence electrons. The zero-order chi connectivity index (χ0) is 16.1. The van der Waals surface area contributed by atoms with Gasteiger partial charge < -0.3 is 9.80 Å². The monoisotopic (exact) mass is 331 g/mol. The summed E-state index contributed by atoms with van der Waals surface area (Å²) < 4.78 is 0. The lowest BCUT2D eigenvalue weighted by atomic mass is 10.2.